The minimum atomic E-state index is -0.442. The molecular formula is C16H23N3O3. The van der Waals surface area contributed by atoms with Crippen molar-refractivity contribution >= 4 is 11.9 Å². The van der Waals surface area contributed by atoms with Gasteiger partial charge in [-0.3, -0.25) is 4.79 Å². The first-order chi connectivity index (χ1) is 10.5. The molecule has 3 amide bonds. The van der Waals surface area contributed by atoms with Crippen molar-refractivity contribution in [1.82, 2.24) is 10.2 Å². The molecule has 0 bridgehead atoms. The Morgan fingerprint density at radius 1 is 1.32 bits per heavy atom. The van der Waals surface area contributed by atoms with Crippen LogP contribution in [-0.4, -0.2) is 48.7 Å². The van der Waals surface area contributed by atoms with Gasteiger partial charge in [-0.1, -0.05) is 12.1 Å². The highest BCUT2D eigenvalue weighted by molar-refractivity contribution is 5.92. The molecule has 0 spiro atoms. The molecule has 2 rings (SSSR count). The molecular weight excluding hydrogens is 282 g/mol. The van der Waals surface area contributed by atoms with Crippen molar-refractivity contribution in [2.24, 2.45) is 5.73 Å². The Morgan fingerprint density at radius 3 is 2.64 bits per heavy atom. The number of benzene rings is 1. The SMILES string of the molecule is CC1CN(C(=O)NCCc2cccc(C(N)=O)c2)CC(C)O1. The van der Waals surface area contributed by atoms with E-state index in [1.807, 2.05) is 19.9 Å². The number of carbonyl (C=O) groups is 2. The molecule has 22 heavy (non-hydrogen) atoms. The van der Waals surface area contributed by atoms with E-state index >= 15 is 0 Å². The molecule has 0 saturated carbocycles. The third kappa shape index (κ3) is 4.46. The molecule has 6 heteroatoms. The van der Waals surface area contributed by atoms with Crippen LogP contribution in [0.4, 0.5) is 4.79 Å². The summed E-state index contributed by atoms with van der Waals surface area (Å²) in [7, 11) is 0. The van der Waals surface area contributed by atoms with Crippen LogP contribution in [0.25, 0.3) is 0 Å². The molecule has 2 unspecified atom stereocenters. The van der Waals surface area contributed by atoms with E-state index < -0.39 is 5.91 Å². The minimum absolute atomic E-state index is 0.0572. The van der Waals surface area contributed by atoms with Gasteiger partial charge in [-0.25, -0.2) is 4.79 Å². The van der Waals surface area contributed by atoms with E-state index in [0.29, 0.717) is 31.6 Å². The van der Waals surface area contributed by atoms with E-state index in [0.717, 1.165) is 5.56 Å². The van der Waals surface area contributed by atoms with Crippen LogP contribution in [0.3, 0.4) is 0 Å². The molecule has 0 aromatic heterocycles. The molecule has 1 aromatic carbocycles. The summed E-state index contributed by atoms with van der Waals surface area (Å²) < 4.78 is 5.61. The van der Waals surface area contributed by atoms with Crippen LogP contribution in [0.1, 0.15) is 29.8 Å². The fourth-order valence-electron chi connectivity index (χ4n) is 2.65. The summed E-state index contributed by atoms with van der Waals surface area (Å²) in [5.41, 5.74) is 6.71. The monoisotopic (exact) mass is 305 g/mol. The van der Waals surface area contributed by atoms with Crippen LogP contribution in [-0.2, 0) is 11.2 Å². The molecule has 0 radical (unpaired) electrons. The smallest absolute Gasteiger partial charge is 0.317 e. The summed E-state index contributed by atoms with van der Waals surface area (Å²) in [6.07, 6.45) is 0.769. The molecule has 1 fully saturated rings. The number of primary amides is 1. The quantitative estimate of drug-likeness (QED) is 0.875. The van der Waals surface area contributed by atoms with Crippen LogP contribution in [0, 0.1) is 0 Å². The van der Waals surface area contributed by atoms with Gasteiger partial charge in [0.25, 0.3) is 0 Å². The topological polar surface area (TPSA) is 84.7 Å². The van der Waals surface area contributed by atoms with Crippen LogP contribution >= 0.6 is 0 Å². The highest BCUT2D eigenvalue weighted by atomic mass is 16.5. The molecule has 1 heterocycles. The summed E-state index contributed by atoms with van der Waals surface area (Å²) in [5.74, 6) is -0.442. The number of nitrogens with zero attached hydrogens (tertiary/aromatic N) is 1. The van der Waals surface area contributed by atoms with E-state index in [-0.39, 0.29) is 18.2 Å². The summed E-state index contributed by atoms with van der Waals surface area (Å²) in [5, 5.41) is 2.91. The Hall–Kier alpha value is -2.08. The lowest BCUT2D eigenvalue weighted by molar-refractivity contribution is -0.0544. The third-order valence-electron chi connectivity index (χ3n) is 3.61. The Kier molecular flexibility index (Phi) is 5.38. The highest BCUT2D eigenvalue weighted by Crippen LogP contribution is 2.10. The first kappa shape index (κ1) is 16.3. The first-order valence-electron chi connectivity index (χ1n) is 7.52. The lowest BCUT2D eigenvalue weighted by Gasteiger charge is -2.35. The van der Waals surface area contributed by atoms with Crippen LogP contribution < -0.4 is 11.1 Å². The number of amides is 3. The second-order valence-electron chi connectivity index (χ2n) is 5.71. The maximum absolute atomic E-state index is 12.1. The third-order valence-corrected chi connectivity index (χ3v) is 3.61. The normalized spacial score (nSPS) is 21.5. The number of ether oxygens (including phenoxy) is 1. The molecule has 3 N–H and O–H groups in total. The summed E-state index contributed by atoms with van der Waals surface area (Å²) in [6, 6.07) is 7.07. The number of carbonyl (C=O) groups excluding carboxylic acids is 2. The van der Waals surface area contributed by atoms with Crippen molar-refractivity contribution in [3.05, 3.63) is 35.4 Å². The van der Waals surface area contributed by atoms with Gasteiger partial charge in [-0.2, -0.15) is 0 Å². The van der Waals surface area contributed by atoms with E-state index in [1.165, 1.54) is 0 Å². The van der Waals surface area contributed by atoms with Gasteiger partial charge in [-0.15, -0.1) is 0 Å². The molecule has 1 saturated heterocycles. The Labute approximate surface area is 130 Å². The van der Waals surface area contributed by atoms with Crippen molar-refractivity contribution in [1.29, 1.82) is 0 Å². The Morgan fingerprint density at radius 2 is 2.00 bits per heavy atom. The van der Waals surface area contributed by atoms with Gasteiger partial charge in [-0.05, 0) is 38.0 Å². The van der Waals surface area contributed by atoms with Gasteiger partial charge < -0.3 is 20.7 Å². The number of nitrogens with one attached hydrogen (secondary N) is 1. The van der Waals surface area contributed by atoms with Gasteiger partial charge in [0.2, 0.25) is 5.91 Å². The van der Waals surface area contributed by atoms with Crippen LogP contribution in [0.5, 0.6) is 0 Å². The van der Waals surface area contributed by atoms with Gasteiger partial charge in [0.05, 0.1) is 12.2 Å². The molecule has 1 aromatic rings. The van der Waals surface area contributed by atoms with E-state index in [2.05, 4.69) is 5.32 Å². The maximum atomic E-state index is 12.1. The number of hydrogen-bond donors (Lipinski definition) is 2. The van der Waals surface area contributed by atoms with Crippen molar-refractivity contribution in [2.45, 2.75) is 32.5 Å². The maximum Gasteiger partial charge on any atom is 0.317 e. The number of hydrogen-bond acceptors (Lipinski definition) is 3. The zero-order valence-corrected chi connectivity index (χ0v) is 13.0. The fraction of sp³-hybridized carbons (Fsp3) is 0.500. The second-order valence-corrected chi connectivity index (χ2v) is 5.71. The lowest BCUT2D eigenvalue weighted by atomic mass is 10.1. The average molecular weight is 305 g/mol. The number of morpholine rings is 1. The van der Waals surface area contributed by atoms with E-state index in [9.17, 15) is 9.59 Å². The Bertz CT molecular complexity index is 537. The highest BCUT2D eigenvalue weighted by Gasteiger charge is 2.25. The second kappa shape index (κ2) is 7.26. The Balaban J connectivity index is 1.82. The zero-order valence-electron chi connectivity index (χ0n) is 13.0. The minimum Gasteiger partial charge on any atom is -0.372 e. The summed E-state index contributed by atoms with van der Waals surface area (Å²) in [6.45, 7) is 5.65. The molecule has 2 atom stereocenters. The zero-order chi connectivity index (χ0) is 16.1. The van der Waals surface area contributed by atoms with Gasteiger partial charge in [0.1, 0.15) is 0 Å². The van der Waals surface area contributed by atoms with Crippen LogP contribution in [0.2, 0.25) is 0 Å². The van der Waals surface area contributed by atoms with Gasteiger partial charge >= 0.3 is 6.03 Å². The average Bonchev–Trinajstić information content (AvgIpc) is 2.46. The molecule has 120 valence electrons. The largest absolute Gasteiger partial charge is 0.372 e. The summed E-state index contributed by atoms with van der Waals surface area (Å²) in [4.78, 5) is 25.1. The van der Waals surface area contributed by atoms with E-state index in [4.69, 9.17) is 10.5 Å². The fourth-order valence-corrected chi connectivity index (χ4v) is 2.65. The van der Waals surface area contributed by atoms with E-state index in [1.54, 1.807) is 23.1 Å². The molecule has 1 aliphatic heterocycles. The van der Waals surface area contributed by atoms with Crippen molar-refractivity contribution < 1.29 is 14.3 Å². The standard InChI is InChI=1S/C16H23N3O3/c1-11-9-19(10-12(2)22-11)16(21)18-7-6-13-4-3-5-14(8-13)15(17)20/h3-5,8,11-12H,6-7,9-10H2,1-2H3,(H2,17,20)(H,18,21). The molecule has 1 aliphatic rings. The number of rotatable bonds is 4. The number of nitrogens with two attached hydrogens (primary N) is 1. The van der Waals surface area contributed by atoms with Gasteiger partial charge in [0, 0.05) is 25.2 Å². The molecule has 0 aliphatic carbocycles. The van der Waals surface area contributed by atoms with Crippen LogP contribution in [0.15, 0.2) is 24.3 Å². The van der Waals surface area contributed by atoms with Crippen molar-refractivity contribution in [3.63, 3.8) is 0 Å². The molecule has 6 nitrogen and oxygen atoms in total. The predicted octanol–water partition coefficient (Wildman–Crippen LogP) is 1.15. The number of urea groups is 1. The first-order valence-corrected chi connectivity index (χ1v) is 7.52. The van der Waals surface area contributed by atoms with Gasteiger partial charge in [0.15, 0.2) is 0 Å². The lowest BCUT2D eigenvalue weighted by Crippen LogP contribution is -2.51. The van der Waals surface area contributed by atoms with Crippen molar-refractivity contribution in [2.75, 3.05) is 19.6 Å². The van der Waals surface area contributed by atoms with Crippen molar-refractivity contribution in [3.8, 4) is 0 Å². The predicted molar refractivity (Wildman–Crippen MR) is 83.6 cm³/mol. The summed E-state index contributed by atoms with van der Waals surface area (Å²) >= 11 is 0.